The van der Waals surface area contributed by atoms with E-state index in [9.17, 15) is 22.8 Å². The molecule has 0 radical (unpaired) electrons. The van der Waals surface area contributed by atoms with Crippen molar-refractivity contribution in [3.63, 3.8) is 0 Å². The third-order valence-corrected chi connectivity index (χ3v) is 4.47. The highest BCUT2D eigenvalue weighted by molar-refractivity contribution is 6.36. The minimum absolute atomic E-state index is 0.00913. The second kappa shape index (κ2) is 9.33. The van der Waals surface area contributed by atoms with Crippen molar-refractivity contribution >= 4 is 23.1 Å². The summed E-state index contributed by atoms with van der Waals surface area (Å²) >= 11 is 0. The number of rotatable bonds is 8. The zero-order valence-corrected chi connectivity index (χ0v) is 17.8. The van der Waals surface area contributed by atoms with Gasteiger partial charge in [-0.3, -0.25) is 14.5 Å². The molecule has 3 rings (SSSR count). The first kappa shape index (κ1) is 23.2. The first-order valence-electron chi connectivity index (χ1n) is 10.1. The molecule has 1 aliphatic rings. The third kappa shape index (κ3) is 5.40. The molecule has 2 aromatic carbocycles. The maximum Gasteiger partial charge on any atom is 0.573 e. The topological polar surface area (TPSA) is 67.9 Å². The summed E-state index contributed by atoms with van der Waals surface area (Å²) in [6.07, 6.45) is -4.31. The zero-order valence-electron chi connectivity index (χ0n) is 17.8. The first-order valence-corrected chi connectivity index (χ1v) is 10.1. The lowest BCUT2D eigenvalue weighted by Gasteiger charge is -2.14. The van der Waals surface area contributed by atoms with Crippen LogP contribution in [-0.2, 0) is 9.59 Å². The fourth-order valence-electron chi connectivity index (χ4n) is 3.27. The smallest absolute Gasteiger partial charge is 0.491 e. The van der Waals surface area contributed by atoms with Crippen LogP contribution < -0.4 is 14.8 Å². The number of nitrogens with one attached hydrogen (secondary N) is 1. The Labute approximate surface area is 183 Å². The van der Waals surface area contributed by atoms with Gasteiger partial charge in [0.1, 0.15) is 17.2 Å². The summed E-state index contributed by atoms with van der Waals surface area (Å²) in [5.41, 5.74) is 0.800. The SMILES string of the molecule is CCCN1C(=O)C(Nc2cccc(OC(F)(F)F)c2)=C(c2ccc(OC(C)C)cc2)C1=O. The van der Waals surface area contributed by atoms with Crippen LogP contribution >= 0.6 is 0 Å². The number of anilines is 1. The van der Waals surface area contributed by atoms with Crippen LogP contribution in [0.1, 0.15) is 32.8 Å². The highest BCUT2D eigenvalue weighted by atomic mass is 19.4. The van der Waals surface area contributed by atoms with Gasteiger partial charge < -0.3 is 14.8 Å². The molecule has 1 N–H and O–H groups in total. The minimum atomic E-state index is -4.85. The van der Waals surface area contributed by atoms with Crippen molar-refractivity contribution in [2.24, 2.45) is 0 Å². The summed E-state index contributed by atoms with van der Waals surface area (Å²) in [5, 5.41) is 2.82. The van der Waals surface area contributed by atoms with Crippen molar-refractivity contribution in [1.29, 1.82) is 0 Å². The maximum absolute atomic E-state index is 13.0. The van der Waals surface area contributed by atoms with Crippen LogP contribution in [0.2, 0.25) is 0 Å². The van der Waals surface area contributed by atoms with Gasteiger partial charge >= 0.3 is 6.36 Å². The number of benzene rings is 2. The molecule has 32 heavy (non-hydrogen) atoms. The Morgan fingerprint density at radius 1 is 1.00 bits per heavy atom. The van der Waals surface area contributed by atoms with Crippen molar-refractivity contribution in [1.82, 2.24) is 4.90 Å². The lowest BCUT2D eigenvalue weighted by molar-refractivity contribution is -0.274. The standard InChI is InChI=1S/C23H23F3N2O4/c1-4-12-28-21(29)19(15-8-10-17(11-9-15)31-14(2)3)20(22(28)30)27-16-6-5-7-18(13-16)32-23(24,25)26/h5-11,13-14,27H,4,12H2,1-3H3. The van der Waals surface area contributed by atoms with Crippen LogP contribution in [-0.4, -0.2) is 35.7 Å². The van der Waals surface area contributed by atoms with E-state index in [1.165, 1.54) is 12.1 Å². The van der Waals surface area contributed by atoms with Gasteiger partial charge in [-0.2, -0.15) is 0 Å². The predicted octanol–water partition coefficient (Wildman–Crippen LogP) is 4.97. The second-order valence-electron chi connectivity index (χ2n) is 7.40. The molecule has 0 aromatic heterocycles. The molecule has 1 aliphatic heterocycles. The van der Waals surface area contributed by atoms with E-state index in [2.05, 4.69) is 10.1 Å². The van der Waals surface area contributed by atoms with E-state index in [0.717, 1.165) is 17.0 Å². The highest BCUT2D eigenvalue weighted by Crippen LogP contribution is 2.33. The lowest BCUT2D eigenvalue weighted by Crippen LogP contribution is -2.33. The molecule has 0 fully saturated rings. The normalized spacial score (nSPS) is 14.4. The molecule has 0 saturated heterocycles. The van der Waals surface area contributed by atoms with Crippen molar-refractivity contribution in [3.05, 3.63) is 59.8 Å². The Morgan fingerprint density at radius 3 is 2.28 bits per heavy atom. The molecule has 0 unspecified atom stereocenters. The highest BCUT2D eigenvalue weighted by Gasteiger charge is 2.39. The number of hydrogen-bond donors (Lipinski definition) is 1. The van der Waals surface area contributed by atoms with E-state index in [4.69, 9.17) is 4.74 Å². The van der Waals surface area contributed by atoms with Crippen LogP contribution in [0.15, 0.2) is 54.2 Å². The quantitative estimate of drug-likeness (QED) is 0.578. The number of alkyl halides is 3. The van der Waals surface area contributed by atoms with E-state index in [0.29, 0.717) is 17.7 Å². The van der Waals surface area contributed by atoms with Gasteiger partial charge in [-0.15, -0.1) is 13.2 Å². The number of hydrogen-bond acceptors (Lipinski definition) is 5. The largest absolute Gasteiger partial charge is 0.573 e. The molecule has 0 bridgehead atoms. The fraction of sp³-hybridized carbons (Fsp3) is 0.304. The van der Waals surface area contributed by atoms with Crippen LogP contribution in [0.5, 0.6) is 11.5 Å². The zero-order chi connectivity index (χ0) is 23.5. The number of ether oxygens (including phenoxy) is 2. The Balaban J connectivity index is 1.98. The Kier molecular flexibility index (Phi) is 6.76. The van der Waals surface area contributed by atoms with E-state index >= 15 is 0 Å². The fourth-order valence-corrected chi connectivity index (χ4v) is 3.27. The molecule has 0 aliphatic carbocycles. The number of imide groups is 1. The molecule has 0 saturated carbocycles. The van der Waals surface area contributed by atoms with Gasteiger partial charge in [-0.1, -0.05) is 25.1 Å². The number of carbonyl (C=O) groups is 2. The van der Waals surface area contributed by atoms with E-state index < -0.39 is 23.9 Å². The average Bonchev–Trinajstić information content (AvgIpc) is 2.92. The Bertz CT molecular complexity index is 1030. The van der Waals surface area contributed by atoms with Crippen molar-refractivity contribution in [2.45, 2.75) is 39.7 Å². The minimum Gasteiger partial charge on any atom is -0.491 e. The molecule has 1 heterocycles. The van der Waals surface area contributed by atoms with Gasteiger partial charge in [0.15, 0.2) is 0 Å². The third-order valence-electron chi connectivity index (χ3n) is 4.47. The predicted molar refractivity (Wildman–Crippen MR) is 113 cm³/mol. The van der Waals surface area contributed by atoms with Gasteiger partial charge in [0.05, 0.1) is 11.7 Å². The summed E-state index contributed by atoms with van der Waals surface area (Å²) in [6, 6.07) is 11.8. The van der Waals surface area contributed by atoms with Crippen LogP contribution in [0, 0.1) is 0 Å². The summed E-state index contributed by atoms with van der Waals surface area (Å²) < 4.78 is 47.2. The van der Waals surface area contributed by atoms with Crippen molar-refractivity contribution in [3.8, 4) is 11.5 Å². The van der Waals surface area contributed by atoms with Gasteiger partial charge in [0, 0.05) is 18.3 Å². The monoisotopic (exact) mass is 448 g/mol. The maximum atomic E-state index is 13.0. The molecule has 2 amide bonds. The molecular weight excluding hydrogens is 425 g/mol. The molecular formula is C23H23F3N2O4. The summed E-state index contributed by atoms with van der Waals surface area (Å²) in [6.45, 7) is 5.83. The number of amides is 2. The number of halogens is 3. The first-order chi connectivity index (χ1) is 15.1. The molecule has 0 atom stereocenters. The van der Waals surface area contributed by atoms with E-state index in [-0.39, 0.29) is 29.6 Å². The molecule has 0 spiro atoms. The average molecular weight is 448 g/mol. The molecule has 170 valence electrons. The lowest BCUT2D eigenvalue weighted by atomic mass is 10.0. The summed E-state index contributed by atoms with van der Waals surface area (Å²) in [5.74, 6) is -0.851. The van der Waals surface area contributed by atoms with Crippen LogP contribution in [0.3, 0.4) is 0 Å². The summed E-state index contributed by atoms with van der Waals surface area (Å²) in [4.78, 5) is 27.1. The van der Waals surface area contributed by atoms with Crippen LogP contribution in [0.25, 0.3) is 5.57 Å². The summed E-state index contributed by atoms with van der Waals surface area (Å²) in [7, 11) is 0. The molecule has 2 aromatic rings. The number of nitrogens with zero attached hydrogens (tertiary/aromatic N) is 1. The Morgan fingerprint density at radius 2 is 1.69 bits per heavy atom. The van der Waals surface area contributed by atoms with Gasteiger partial charge in [0.2, 0.25) is 0 Å². The van der Waals surface area contributed by atoms with Crippen molar-refractivity contribution < 1.29 is 32.2 Å². The van der Waals surface area contributed by atoms with Gasteiger partial charge in [-0.05, 0) is 50.1 Å². The van der Waals surface area contributed by atoms with E-state index in [1.54, 1.807) is 24.3 Å². The second-order valence-corrected chi connectivity index (χ2v) is 7.40. The van der Waals surface area contributed by atoms with Gasteiger partial charge in [0.25, 0.3) is 11.8 Å². The van der Waals surface area contributed by atoms with Crippen molar-refractivity contribution in [2.75, 3.05) is 11.9 Å². The molecule has 6 nitrogen and oxygen atoms in total. The molecule has 9 heteroatoms. The Hall–Kier alpha value is -3.49. The van der Waals surface area contributed by atoms with E-state index in [1.807, 2.05) is 20.8 Å². The van der Waals surface area contributed by atoms with Gasteiger partial charge in [-0.25, -0.2) is 0 Å². The number of carbonyl (C=O) groups excluding carboxylic acids is 2. The van der Waals surface area contributed by atoms with Crippen LogP contribution in [0.4, 0.5) is 18.9 Å².